The maximum absolute atomic E-state index is 13.2. The molecule has 1 N–H and O–H groups in total. The summed E-state index contributed by atoms with van der Waals surface area (Å²) in [7, 11) is -3.51. The molecule has 0 atom stereocenters. The number of rotatable bonds is 4. The van der Waals surface area contributed by atoms with Crippen LogP contribution in [0.25, 0.3) is 0 Å². The van der Waals surface area contributed by atoms with Crippen LogP contribution < -0.4 is 5.32 Å². The zero-order valence-corrected chi connectivity index (χ0v) is 17.3. The largest absolute Gasteiger partial charge is 0.326 e. The Morgan fingerprint density at radius 3 is 2.54 bits per heavy atom. The zero-order chi connectivity index (χ0) is 18.9. The van der Waals surface area contributed by atoms with E-state index in [2.05, 4.69) is 21.2 Å². The van der Waals surface area contributed by atoms with Crippen LogP contribution in [-0.2, 0) is 14.8 Å². The van der Waals surface area contributed by atoms with Crippen LogP contribution in [0.4, 0.5) is 10.1 Å². The van der Waals surface area contributed by atoms with Crippen molar-refractivity contribution in [2.24, 2.45) is 5.92 Å². The molecule has 1 amide bonds. The molecule has 1 aromatic heterocycles. The molecule has 0 unspecified atom stereocenters. The Balaban J connectivity index is 1.62. The van der Waals surface area contributed by atoms with Gasteiger partial charge in [-0.05, 0) is 71.6 Å². The highest BCUT2D eigenvalue weighted by Crippen LogP contribution is 2.31. The molecule has 0 aliphatic carbocycles. The second-order valence-electron chi connectivity index (χ2n) is 6.19. The van der Waals surface area contributed by atoms with Crippen LogP contribution in [0.3, 0.4) is 0 Å². The molecule has 26 heavy (non-hydrogen) atoms. The third-order valence-electron chi connectivity index (χ3n) is 4.41. The predicted octanol–water partition coefficient (Wildman–Crippen LogP) is 4.00. The molecule has 1 aromatic carbocycles. The standard InChI is InChI=1S/C17H18BrFN2O3S2/c1-11-10-13(19)2-3-14(11)20-17(22)12-6-8-21(9-7-12)26(23,24)16-5-4-15(18)25-16/h2-5,10,12H,6-9H2,1H3,(H,20,22). The molecule has 0 saturated carbocycles. The molecule has 1 saturated heterocycles. The lowest BCUT2D eigenvalue weighted by Gasteiger charge is -2.30. The van der Waals surface area contributed by atoms with Crippen molar-refractivity contribution in [2.45, 2.75) is 24.0 Å². The number of sulfonamides is 1. The lowest BCUT2D eigenvalue weighted by molar-refractivity contribution is -0.120. The van der Waals surface area contributed by atoms with Crippen molar-refractivity contribution < 1.29 is 17.6 Å². The van der Waals surface area contributed by atoms with Gasteiger partial charge >= 0.3 is 0 Å². The van der Waals surface area contributed by atoms with Gasteiger partial charge in [-0.3, -0.25) is 4.79 Å². The van der Waals surface area contributed by atoms with E-state index < -0.39 is 10.0 Å². The molecule has 2 aromatic rings. The van der Waals surface area contributed by atoms with E-state index in [1.165, 1.54) is 33.8 Å². The number of carbonyl (C=O) groups excluding carboxylic acids is 1. The highest BCUT2D eigenvalue weighted by molar-refractivity contribution is 9.11. The van der Waals surface area contributed by atoms with Gasteiger partial charge in [-0.15, -0.1) is 11.3 Å². The molecule has 0 radical (unpaired) electrons. The molecule has 0 spiro atoms. The monoisotopic (exact) mass is 460 g/mol. The lowest BCUT2D eigenvalue weighted by Crippen LogP contribution is -2.41. The molecular weight excluding hydrogens is 443 g/mol. The number of thiophene rings is 1. The Labute approximate surface area is 164 Å². The molecule has 1 aliphatic rings. The van der Waals surface area contributed by atoms with Crippen LogP contribution in [-0.4, -0.2) is 31.7 Å². The number of aryl methyl sites for hydroxylation is 1. The number of piperidine rings is 1. The summed E-state index contributed by atoms with van der Waals surface area (Å²) in [5, 5.41) is 2.82. The van der Waals surface area contributed by atoms with Crippen molar-refractivity contribution in [1.82, 2.24) is 4.31 Å². The Morgan fingerprint density at radius 2 is 1.96 bits per heavy atom. The van der Waals surface area contributed by atoms with Gasteiger partial charge in [0, 0.05) is 24.7 Å². The number of amides is 1. The Morgan fingerprint density at radius 1 is 1.27 bits per heavy atom. The first-order valence-corrected chi connectivity index (χ1v) is 11.1. The summed E-state index contributed by atoms with van der Waals surface area (Å²) in [5.74, 6) is -0.768. The molecule has 3 rings (SSSR count). The average molecular weight is 461 g/mol. The van der Waals surface area contributed by atoms with Crippen LogP contribution in [0.5, 0.6) is 0 Å². The first-order chi connectivity index (χ1) is 12.3. The molecule has 2 heterocycles. The number of nitrogens with zero attached hydrogens (tertiary/aromatic N) is 1. The molecule has 5 nitrogen and oxygen atoms in total. The fourth-order valence-electron chi connectivity index (χ4n) is 2.92. The zero-order valence-electron chi connectivity index (χ0n) is 14.0. The fraction of sp³-hybridized carbons (Fsp3) is 0.353. The van der Waals surface area contributed by atoms with Crippen LogP contribution in [0.1, 0.15) is 18.4 Å². The van der Waals surface area contributed by atoms with Gasteiger partial charge < -0.3 is 5.32 Å². The number of carbonyl (C=O) groups is 1. The summed E-state index contributed by atoms with van der Waals surface area (Å²) in [6.07, 6.45) is 0.912. The highest BCUT2D eigenvalue weighted by Gasteiger charge is 2.33. The Kier molecular flexibility index (Phi) is 5.81. The quantitative estimate of drug-likeness (QED) is 0.749. The van der Waals surface area contributed by atoms with E-state index in [0.717, 1.165) is 3.79 Å². The normalized spacial score (nSPS) is 16.6. The minimum absolute atomic E-state index is 0.157. The predicted molar refractivity (Wildman–Crippen MR) is 103 cm³/mol. The van der Waals surface area contributed by atoms with E-state index in [4.69, 9.17) is 0 Å². The van der Waals surface area contributed by atoms with Gasteiger partial charge in [-0.1, -0.05) is 0 Å². The van der Waals surface area contributed by atoms with Crippen molar-refractivity contribution in [2.75, 3.05) is 18.4 Å². The molecule has 1 aliphatic heterocycles. The number of halogens is 2. The van der Waals surface area contributed by atoms with Crippen molar-refractivity contribution in [3.63, 3.8) is 0 Å². The minimum atomic E-state index is -3.51. The van der Waals surface area contributed by atoms with Gasteiger partial charge in [-0.2, -0.15) is 4.31 Å². The van der Waals surface area contributed by atoms with Gasteiger partial charge in [0.05, 0.1) is 3.79 Å². The number of anilines is 1. The number of hydrogen-bond acceptors (Lipinski definition) is 4. The summed E-state index contributed by atoms with van der Waals surface area (Å²) >= 11 is 4.46. The molecule has 9 heteroatoms. The van der Waals surface area contributed by atoms with Crippen molar-refractivity contribution in [3.05, 3.63) is 45.5 Å². The van der Waals surface area contributed by atoms with Gasteiger partial charge in [0.2, 0.25) is 5.91 Å². The average Bonchev–Trinajstić information content (AvgIpc) is 3.05. The summed E-state index contributed by atoms with van der Waals surface area (Å²) < 4.78 is 40.9. The van der Waals surface area contributed by atoms with Gasteiger partial charge in [0.25, 0.3) is 10.0 Å². The smallest absolute Gasteiger partial charge is 0.252 e. The van der Waals surface area contributed by atoms with Gasteiger partial charge in [0.1, 0.15) is 10.0 Å². The lowest BCUT2D eigenvalue weighted by atomic mass is 9.97. The number of hydrogen-bond donors (Lipinski definition) is 1. The maximum Gasteiger partial charge on any atom is 0.252 e. The minimum Gasteiger partial charge on any atom is -0.326 e. The van der Waals surface area contributed by atoms with Crippen LogP contribution in [0.15, 0.2) is 38.3 Å². The van der Waals surface area contributed by atoms with Crippen molar-refractivity contribution in [3.8, 4) is 0 Å². The summed E-state index contributed by atoms with van der Waals surface area (Å²) in [5.41, 5.74) is 1.23. The summed E-state index contributed by atoms with van der Waals surface area (Å²) in [6.45, 7) is 2.34. The number of nitrogens with one attached hydrogen (secondary N) is 1. The van der Waals surface area contributed by atoms with E-state index in [1.54, 1.807) is 19.1 Å². The summed E-state index contributed by atoms with van der Waals surface area (Å²) in [6, 6.07) is 7.50. The van der Waals surface area contributed by atoms with Crippen molar-refractivity contribution in [1.29, 1.82) is 0 Å². The van der Waals surface area contributed by atoms with E-state index in [1.807, 2.05) is 0 Å². The van der Waals surface area contributed by atoms with Crippen LogP contribution in [0, 0.1) is 18.7 Å². The maximum atomic E-state index is 13.2. The molecule has 140 valence electrons. The van der Waals surface area contributed by atoms with Gasteiger partial charge in [0.15, 0.2) is 0 Å². The van der Waals surface area contributed by atoms with Crippen LogP contribution >= 0.6 is 27.3 Å². The molecule has 1 fully saturated rings. The first-order valence-electron chi connectivity index (χ1n) is 8.10. The SMILES string of the molecule is Cc1cc(F)ccc1NC(=O)C1CCN(S(=O)(=O)c2ccc(Br)s2)CC1. The van der Waals surface area contributed by atoms with Crippen molar-refractivity contribution >= 4 is 48.9 Å². The fourth-order valence-corrected chi connectivity index (χ4v) is 6.56. The third kappa shape index (κ3) is 4.16. The third-order valence-corrected chi connectivity index (χ3v) is 8.40. The molecule has 0 bridgehead atoms. The second kappa shape index (κ2) is 7.75. The second-order valence-corrected chi connectivity index (χ2v) is 10.8. The highest BCUT2D eigenvalue weighted by atomic mass is 79.9. The first kappa shape index (κ1) is 19.5. The Bertz CT molecular complexity index is 922. The van der Waals surface area contributed by atoms with E-state index in [0.29, 0.717) is 41.4 Å². The Hall–Kier alpha value is -1.29. The summed E-state index contributed by atoms with van der Waals surface area (Å²) in [4.78, 5) is 12.5. The molecular formula is C17H18BrFN2O3S2. The van der Waals surface area contributed by atoms with Gasteiger partial charge in [-0.25, -0.2) is 12.8 Å². The van der Waals surface area contributed by atoms with E-state index in [-0.39, 0.29) is 17.6 Å². The topological polar surface area (TPSA) is 66.5 Å². The number of benzene rings is 1. The van der Waals surface area contributed by atoms with E-state index in [9.17, 15) is 17.6 Å². The van der Waals surface area contributed by atoms with E-state index >= 15 is 0 Å². The van der Waals surface area contributed by atoms with Crippen LogP contribution in [0.2, 0.25) is 0 Å².